The first-order valence-corrected chi connectivity index (χ1v) is 17.6. The van der Waals surface area contributed by atoms with E-state index in [0.29, 0.717) is 17.5 Å². The largest absolute Gasteiger partial charge is 0.456 e. The molecule has 0 aliphatic heterocycles. The molecule has 3 heterocycles. The van der Waals surface area contributed by atoms with E-state index in [1.807, 2.05) is 60.7 Å². The van der Waals surface area contributed by atoms with Crippen molar-refractivity contribution in [3.63, 3.8) is 0 Å². The van der Waals surface area contributed by atoms with Gasteiger partial charge in [0.05, 0.1) is 0 Å². The summed E-state index contributed by atoms with van der Waals surface area (Å²) in [6.07, 6.45) is 11.3. The number of benzene rings is 6. The monoisotopic (exact) mass is 667 g/mol. The number of hydrogen-bond donors (Lipinski definition) is 0. The molecule has 11 rings (SSSR count). The highest BCUT2D eigenvalue weighted by atomic mass is 16.3. The van der Waals surface area contributed by atoms with E-state index in [0.717, 1.165) is 71.7 Å². The normalized spacial score (nSPS) is 16.4. The van der Waals surface area contributed by atoms with Crippen molar-refractivity contribution in [3.05, 3.63) is 175 Å². The lowest BCUT2D eigenvalue weighted by Gasteiger charge is -2.28. The summed E-state index contributed by atoms with van der Waals surface area (Å²) in [5.41, 5.74) is 10.8. The van der Waals surface area contributed by atoms with Crippen LogP contribution in [0.1, 0.15) is 22.9 Å². The smallest absolute Gasteiger partial charge is 0.164 e. The van der Waals surface area contributed by atoms with Gasteiger partial charge in [-0.2, -0.15) is 0 Å². The maximum Gasteiger partial charge on any atom is 0.164 e. The van der Waals surface area contributed by atoms with Gasteiger partial charge in [0.1, 0.15) is 22.3 Å². The molecule has 0 bridgehead atoms. The molecule has 0 saturated heterocycles. The van der Waals surface area contributed by atoms with Crippen molar-refractivity contribution in [3.8, 4) is 33.9 Å². The van der Waals surface area contributed by atoms with Gasteiger partial charge in [0, 0.05) is 55.6 Å². The van der Waals surface area contributed by atoms with E-state index >= 15 is 0 Å². The molecule has 2 atom stereocenters. The van der Waals surface area contributed by atoms with E-state index < -0.39 is 0 Å². The minimum Gasteiger partial charge on any atom is -0.456 e. The van der Waals surface area contributed by atoms with Gasteiger partial charge in [-0.15, -0.1) is 0 Å². The van der Waals surface area contributed by atoms with Crippen LogP contribution in [0.5, 0.6) is 0 Å². The van der Waals surface area contributed by atoms with Crippen molar-refractivity contribution in [2.45, 2.75) is 5.92 Å². The van der Waals surface area contributed by atoms with Crippen LogP contribution >= 0.6 is 0 Å². The lowest BCUT2D eigenvalue weighted by molar-refractivity contribution is 0.668. The van der Waals surface area contributed by atoms with Crippen molar-refractivity contribution in [1.82, 2.24) is 15.0 Å². The van der Waals surface area contributed by atoms with Gasteiger partial charge in [0.15, 0.2) is 17.5 Å². The molecule has 9 aromatic rings. The van der Waals surface area contributed by atoms with Crippen LogP contribution in [0.15, 0.2) is 167 Å². The summed E-state index contributed by atoms with van der Waals surface area (Å²) >= 11 is 0. The van der Waals surface area contributed by atoms with E-state index in [1.54, 1.807) is 0 Å². The predicted molar refractivity (Wildman–Crippen MR) is 210 cm³/mol. The molecule has 3 aromatic heterocycles. The second-order valence-corrected chi connectivity index (χ2v) is 13.5. The summed E-state index contributed by atoms with van der Waals surface area (Å²) < 4.78 is 12.9. The van der Waals surface area contributed by atoms with Gasteiger partial charge in [0.2, 0.25) is 0 Å². The number of furan rings is 2. The average molecular weight is 668 g/mol. The fourth-order valence-electron chi connectivity index (χ4n) is 8.02. The molecular weight excluding hydrogens is 639 g/mol. The van der Waals surface area contributed by atoms with E-state index in [-0.39, 0.29) is 11.8 Å². The van der Waals surface area contributed by atoms with E-state index in [1.165, 1.54) is 11.1 Å². The van der Waals surface area contributed by atoms with Crippen LogP contribution in [0.3, 0.4) is 0 Å². The predicted octanol–water partition coefficient (Wildman–Crippen LogP) is 12.1. The Balaban J connectivity index is 1.09. The van der Waals surface area contributed by atoms with Crippen molar-refractivity contribution in [2.75, 3.05) is 0 Å². The highest BCUT2D eigenvalue weighted by Crippen LogP contribution is 2.43. The topological polar surface area (TPSA) is 65.0 Å². The molecule has 0 fully saturated rings. The fourth-order valence-corrected chi connectivity index (χ4v) is 8.02. The first-order valence-electron chi connectivity index (χ1n) is 17.6. The van der Waals surface area contributed by atoms with Gasteiger partial charge in [-0.25, -0.2) is 15.0 Å². The molecule has 2 aliphatic rings. The van der Waals surface area contributed by atoms with Gasteiger partial charge in [-0.05, 0) is 41.0 Å². The van der Waals surface area contributed by atoms with Crippen LogP contribution in [0, 0.1) is 5.92 Å². The van der Waals surface area contributed by atoms with Crippen molar-refractivity contribution in [1.29, 1.82) is 0 Å². The summed E-state index contributed by atoms with van der Waals surface area (Å²) in [6.45, 7) is 0. The summed E-state index contributed by atoms with van der Waals surface area (Å²) in [7, 11) is 0. The molecule has 6 aromatic carbocycles. The standard InChI is InChI=1S/C47H29N3O2/c1-2-11-29(12-3-1)45-48-46(32-22-24-34-30(26-32)21-20-28-10-4-5-13-33(28)34)50-47(49-45)38-17-9-19-42-43(38)39-27-31(23-25-41(39)51-42)35-15-8-16-37-36-14-6-7-18-40(36)52-44(35)37/h1-27,30,34H. The molecular formula is C47H29N3O2. The van der Waals surface area contributed by atoms with E-state index in [4.69, 9.17) is 23.8 Å². The van der Waals surface area contributed by atoms with Crippen LogP contribution in [0.4, 0.5) is 0 Å². The fraction of sp³-hybridized carbons (Fsp3) is 0.0426. The third-order valence-electron chi connectivity index (χ3n) is 10.5. The summed E-state index contributed by atoms with van der Waals surface area (Å²) in [6, 6.07) is 45.8. The Kier molecular flexibility index (Phi) is 6.31. The molecule has 5 heteroatoms. The number of fused-ring (bicyclic) bond motifs is 9. The number of rotatable bonds is 4. The number of allylic oxidation sites excluding steroid dienone is 5. The van der Waals surface area contributed by atoms with Crippen LogP contribution in [-0.2, 0) is 0 Å². The summed E-state index contributed by atoms with van der Waals surface area (Å²) in [4.78, 5) is 15.4. The number of hydrogen-bond acceptors (Lipinski definition) is 5. The second kappa shape index (κ2) is 11.3. The summed E-state index contributed by atoms with van der Waals surface area (Å²) in [5.74, 6) is 2.37. The Morgan fingerprint density at radius 3 is 2.19 bits per heavy atom. The molecule has 0 saturated carbocycles. The third kappa shape index (κ3) is 4.53. The van der Waals surface area contributed by atoms with Crippen molar-refractivity contribution in [2.24, 2.45) is 5.92 Å². The maximum absolute atomic E-state index is 6.47. The van der Waals surface area contributed by atoms with Crippen LogP contribution in [0.25, 0.3) is 89.4 Å². The zero-order valence-electron chi connectivity index (χ0n) is 27.9. The molecule has 244 valence electrons. The van der Waals surface area contributed by atoms with E-state index in [9.17, 15) is 0 Å². The quantitative estimate of drug-likeness (QED) is 0.187. The highest BCUT2D eigenvalue weighted by Gasteiger charge is 2.27. The van der Waals surface area contributed by atoms with Gasteiger partial charge >= 0.3 is 0 Å². The lowest BCUT2D eigenvalue weighted by atomic mass is 9.76. The van der Waals surface area contributed by atoms with Gasteiger partial charge in [-0.3, -0.25) is 0 Å². The zero-order chi connectivity index (χ0) is 34.2. The minimum absolute atomic E-state index is 0.214. The Hall–Kier alpha value is -6.85. The first kappa shape index (κ1) is 28.9. The van der Waals surface area contributed by atoms with Gasteiger partial charge < -0.3 is 8.83 Å². The Labute approximate surface area is 298 Å². The highest BCUT2D eigenvalue weighted by molar-refractivity contribution is 6.14. The Morgan fingerprint density at radius 2 is 1.23 bits per heavy atom. The molecule has 0 N–H and O–H groups in total. The molecule has 2 unspecified atom stereocenters. The van der Waals surface area contributed by atoms with E-state index in [2.05, 4.69) is 103 Å². The van der Waals surface area contributed by atoms with Gasteiger partial charge in [-0.1, -0.05) is 140 Å². The molecule has 52 heavy (non-hydrogen) atoms. The van der Waals surface area contributed by atoms with Gasteiger partial charge in [0.25, 0.3) is 0 Å². The number of para-hydroxylation sites is 2. The summed E-state index contributed by atoms with van der Waals surface area (Å²) in [5, 5.41) is 4.17. The third-order valence-corrected chi connectivity index (χ3v) is 10.5. The zero-order valence-corrected chi connectivity index (χ0v) is 27.9. The van der Waals surface area contributed by atoms with Crippen LogP contribution < -0.4 is 0 Å². The second-order valence-electron chi connectivity index (χ2n) is 13.5. The minimum atomic E-state index is 0.214. The van der Waals surface area contributed by atoms with Crippen LogP contribution in [-0.4, -0.2) is 15.0 Å². The first-order chi connectivity index (χ1) is 25.7. The van der Waals surface area contributed by atoms with Crippen molar-refractivity contribution >= 4 is 55.5 Å². The van der Waals surface area contributed by atoms with Crippen LogP contribution in [0.2, 0.25) is 0 Å². The molecule has 0 radical (unpaired) electrons. The molecule has 5 nitrogen and oxygen atoms in total. The van der Waals surface area contributed by atoms with Crippen molar-refractivity contribution < 1.29 is 8.83 Å². The number of nitrogens with zero attached hydrogens (tertiary/aromatic N) is 3. The Morgan fingerprint density at radius 1 is 0.481 bits per heavy atom. The number of aromatic nitrogens is 3. The average Bonchev–Trinajstić information content (AvgIpc) is 3.79. The Bertz CT molecular complexity index is 2980. The lowest BCUT2D eigenvalue weighted by Crippen LogP contribution is -2.15. The SMILES string of the molecule is C1=CC2c3ccccc3C=CC2C=C1c1nc(-c2ccccc2)nc(-c2cccc3oc4ccc(-c5cccc6c5oc5ccccc56)cc4c23)n1. The molecule has 0 spiro atoms. The molecule has 2 aliphatic carbocycles. The molecule has 0 amide bonds. The maximum atomic E-state index is 6.47.